The van der Waals surface area contributed by atoms with Gasteiger partial charge < -0.3 is 19.5 Å². The average molecular weight is 463 g/mol. The van der Waals surface area contributed by atoms with Crippen molar-refractivity contribution in [2.24, 2.45) is 10.9 Å². The summed E-state index contributed by atoms with van der Waals surface area (Å²) in [7, 11) is 0. The Morgan fingerprint density at radius 1 is 1.36 bits per heavy atom. The zero-order valence-electron chi connectivity index (χ0n) is 15.9. The third kappa shape index (κ3) is 7.13. The standard InChI is InChI=1S/C18H33N5O.HI/c1-4-20-18(21-9-6-7-13-24-5-2)22-11-8-16(3)17(14-22)23-12-10-19-15-23;/h10,12,15-17H,4-9,11,13-14H2,1-3H3,(H,20,21);1H. The summed E-state index contributed by atoms with van der Waals surface area (Å²) >= 11 is 0. The fraction of sp³-hybridized carbons (Fsp3) is 0.778. The molecule has 1 fully saturated rings. The van der Waals surface area contributed by atoms with Gasteiger partial charge in [0.25, 0.3) is 0 Å². The van der Waals surface area contributed by atoms with E-state index in [0.717, 1.165) is 58.2 Å². The Kier molecular flexibility index (Phi) is 11.1. The van der Waals surface area contributed by atoms with Gasteiger partial charge in [-0.05, 0) is 39.0 Å². The zero-order valence-corrected chi connectivity index (χ0v) is 18.2. The number of aromatic nitrogens is 2. The van der Waals surface area contributed by atoms with E-state index in [1.807, 2.05) is 19.4 Å². The molecule has 1 saturated heterocycles. The molecule has 6 nitrogen and oxygen atoms in total. The topological polar surface area (TPSA) is 54.7 Å². The van der Waals surface area contributed by atoms with Gasteiger partial charge >= 0.3 is 0 Å². The number of rotatable bonds is 8. The molecule has 2 atom stereocenters. The average Bonchev–Trinajstić information content (AvgIpc) is 3.12. The van der Waals surface area contributed by atoms with E-state index < -0.39 is 0 Å². The summed E-state index contributed by atoms with van der Waals surface area (Å²) in [4.78, 5) is 11.4. The molecule has 0 bridgehead atoms. The molecule has 0 radical (unpaired) electrons. The highest BCUT2D eigenvalue weighted by Crippen LogP contribution is 2.27. The summed E-state index contributed by atoms with van der Waals surface area (Å²) < 4.78 is 7.63. The van der Waals surface area contributed by atoms with Crippen LogP contribution in [0.15, 0.2) is 23.7 Å². The maximum atomic E-state index is 5.39. The Balaban J connectivity index is 0.00000312. The van der Waals surface area contributed by atoms with Crippen LogP contribution in [0.4, 0.5) is 0 Å². The summed E-state index contributed by atoms with van der Waals surface area (Å²) in [5.74, 6) is 1.70. The molecule has 2 unspecified atom stereocenters. The first-order valence-electron chi connectivity index (χ1n) is 9.34. The van der Waals surface area contributed by atoms with E-state index in [2.05, 4.69) is 39.8 Å². The first-order chi connectivity index (χ1) is 11.8. The number of hydrogen-bond donors (Lipinski definition) is 1. The second-order valence-electron chi connectivity index (χ2n) is 6.43. The number of ether oxygens (including phenoxy) is 1. The van der Waals surface area contributed by atoms with E-state index in [1.54, 1.807) is 0 Å². The molecule has 1 aromatic rings. The Bertz CT molecular complexity index is 480. The molecule has 1 aromatic heterocycles. The Morgan fingerprint density at radius 3 is 2.88 bits per heavy atom. The first-order valence-corrected chi connectivity index (χ1v) is 9.34. The van der Waals surface area contributed by atoms with Crippen molar-refractivity contribution in [3.63, 3.8) is 0 Å². The lowest BCUT2D eigenvalue weighted by atomic mass is 9.93. The molecular formula is C18H34IN5O. The van der Waals surface area contributed by atoms with E-state index >= 15 is 0 Å². The maximum Gasteiger partial charge on any atom is 0.193 e. The SMILES string of the molecule is CCNC(=NCCCCOCC)N1CCC(C)C(n2ccnc2)C1.I. The number of imidazole rings is 1. The van der Waals surface area contributed by atoms with Crippen molar-refractivity contribution in [3.05, 3.63) is 18.7 Å². The summed E-state index contributed by atoms with van der Waals surface area (Å²) in [6, 6.07) is 0.461. The molecule has 0 amide bonds. The van der Waals surface area contributed by atoms with Crippen molar-refractivity contribution >= 4 is 29.9 Å². The van der Waals surface area contributed by atoms with Crippen molar-refractivity contribution in [1.82, 2.24) is 19.8 Å². The fourth-order valence-electron chi connectivity index (χ4n) is 3.17. The smallest absolute Gasteiger partial charge is 0.193 e. The number of nitrogens with zero attached hydrogens (tertiary/aromatic N) is 4. The van der Waals surface area contributed by atoms with Gasteiger partial charge in [0, 0.05) is 51.8 Å². The molecule has 0 spiro atoms. The number of halogens is 1. The quantitative estimate of drug-likeness (QED) is 0.279. The molecule has 2 rings (SSSR count). The summed E-state index contributed by atoms with van der Waals surface area (Å²) in [6.07, 6.45) is 9.20. The molecule has 25 heavy (non-hydrogen) atoms. The van der Waals surface area contributed by atoms with Crippen LogP contribution in [0.3, 0.4) is 0 Å². The van der Waals surface area contributed by atoms with Crippen molar-refractivity contribution in [3.8, 4) is 0 Å². The van der Waals surface area contributed by atoms with Crippen LogP contribution in [0.5, 0.6) is 0 Å². The van der Waals surface area contributed by atoms with Crippen molar-refractivity contribution < 1.29 is 4.74 Å². The molecular weight excluding hydrogens is 429 g/mol. The van der Waals surface area contributed by atoms with Crippen LogP contribution in [-0.2, 0) is 4.74 Å². The fourth-order valence-corrected chi connectivity index (χ4v) is 3.17. The van der Waals surface area contributed by atoms with Gasteiger partial charge in [0.05, 0.1) is 12.4 Å². The summed E-state index contributed by atoms with van der Waals surface area (Å²) in [5, 5.41) is 3.45. The number of unbranched alkanes of at least 4 members (excludes halogenated alkanes) is 1. The minimum Gasteiger partial charge on any atom is -0.382 e. The number of nitrogens with one attached hydrogen (secondary N) is 1. The molecule has 1 N–H and O–H groups in total. The minimum atomic E-state index is 0. The van der Waals surface area contributed by atoms with Gasteiger partial charge in [-0.3, -0.25) is 4.99 Å². The second kappa shape index (κ2) is 12.5. The number of piperidine rings is 1. The molecule has 1 aliphatic heterocycles. The third-order valence-electron chi connectivity index (χ3n) is 4.62. The number of likely N-dealkylation sites (tertiary alicyclic amines) is 1. The van der Waals surface area contributed by atoms with E-state index in [4.69, 9.17) is 9.73 Å². The Hall–Kier alpha value is -0.830. The number of guanidine groups is 1. The van der Waals surface area contributed by atoms with Gasteiger partial charge in [-0.1, -0.05) is 6.92 Å². The molecule has 0 aliphatic carbocycles. The number of aliphatic imine (C=N–C) groups is 1. The summed E-state index contributed by atoms with van der Waals surface area (Å²) in [6.45, 7) is 12.0. The summed E-state index contributed by atoms with van der Waals surface area (Å²) in [5.41, 5.74) is 0. The molecule has 7 heteroatoms. The Morgan fingerprint density at radius 2 is 2.20 bits per heavy atom. The van der Waals surface area contributed by atoms with Crippen LogP contribution >= 0.6 is 24.0 Å². The van der Waals surface area contributed by atoms with E-state index in [0.29, 0.717) is 12.0 Å². The first kappa shape index (κ1) is 22.2. The van der Waals surface area contributed by atoms with Crippen molar-refractivity contribution in [1.29, 1.82) is 0 Å². The predicted molar refractivity (Wildman–Crippen MR) is 114 cm³/mol. The third-order valence-corrected chi connectivity index (χ3v) is 4.62. The number of hydrogen-bond acceptors (Lipinski definition) is 3. The van der Waals surface area contributed by atoms with Crippen LogP contribution in [0, 0.1) is 5.92 Å². The minimum absolute atomic E-state index is 0. The van der Waals surface area contributed by atoms with E-state index in [-0.39, 0.29) is 24.0 Å². The van der Waals surface area contributed by atoms with Gasteiger partial charge in [0.15, 0.2) is 5.96 Å². The highest BCUT2D eigenvalue weighted by Gasteiger charge is 2.28. The normalized spacial score (nSPS) is 21.1. The van der Waals surface area contributed by atoms with E-state index in [9.17, 15) is 0 Å². The second-order valence-corrected chi connectivity index (χ2v) is 6.43. The molecule has 0 aromatic carbocycles. The molecule has 2 heterocycles. The monoisotopic (exact) mass is 463 g/mol. The van der Waals surface area contributed by atoms with Gasteiger partial charge in [-0.15, -0.1) is 24.0 Å². The lowest BCUT2D eigenvalue weighted by molar-refractivity contribution is 0.144. The van der Waals surface area contributed by atoms with Crippen LogP contribution < -0.4 is 5.32 Å². The maximum absolute atomic E-state index is 5.39. The lowest BCUT2D eigenvalue weighted by Gasteiger charge is -2.39. The highest BCUT2D eigenvalue weighted by atomic mass is 127. The highest BCUT2D eigenvalue weighted by molar-refractivity contribution is 14.0. The lowest BCUT2D eigenvalue weighted by Crippen LogP contribution is -2.49. The van der Waals surface area contributed by atoms with Gasteiger partial charge in [0.1, 0.15) is 0 Å². The van der Waals surface area contributed by atoms with Crippen LogP contribution in [0.2, 0.25) is 0 Å². The molecule has 0 saturated carbocycles. The Labute approximate surface area is 169 Å². The zero-order chi connectivity index (χ0) is 17.2. The van der Waals surface area contributed by atoms with Gasteiger partial charge in [-0.25, -0.2) is 4.98 Å². The van der Waals surface area contributed by atoms with Gasteiger partial charge in [0.2, 0.25) is 0 Å². The predicted octanol–water partition coefficient (Wildman–Crippen LogP) is 3.17. The van der Waals surface area contributed by atoms with Crippen LogP contribution in [0.1, 0.15) is 46.1 Å². The van der Waals surface area contributed by atoms with Gasteiger partial charge in [-0.2, -0.15) is 0 Å². The van der Waals surface area contributed by atoms with Crippen molar-refractivity contribution in [2.75, 3.05) is 39.4 Å². The largest absolute Gasteiger partial charge is 0.382 e. The van der Waals surface area contributed by atoms with E-state index in [1.165, 1.54) is 6.42 Å². The van der Waals surface area contributed by atoms with Crippen LogP contribution in [-0.4, -0.2) is 59.8 Å². The molecule has 144 valence electrons. The molecule has 1 aliphatic rings. The van der Waals surface area contributed by atoms with Crippen molar-refractivity contribution in [2.45, 2.75) is 46.1 Å². The van der Waals surface area contributed by atoms with Crippen LogP contribution in [0.25, 0.3) is 0 Å².